The molecule has 21 heavy (non-hydrogen) atoms. The van der Waals surface area contributed by atoms with Gasteiger partial charge in [0.2, 0.25) is 0 Å². The first-order valence-corrected chi connectivity index (χ1v) is 7.41. The minimum absolute atomic E-state index is 0.116. The average molecular weight is 301 g/mol. The van der Waals surface area contributed by atoms with Gasteiger partial charge < -0.3 is 14.6 Å². The van der Waals surface area contributed by atoms with Gasteiger partial charge in [0.25, 0.3) is 0 Å². The lowest BCUT2D eigenvalue weighted by Crippen LogP contribution is -2.68. The van der Waals surface area contributed by atoms with E-state index in [-0.39, 0.29) is 12.1 Å². The van der Waals surface area contributed by atoms with E-state index in [9.17, 15) is 14.7 Å². The molecule has 0 heterocycles. The molecule has 6 heteroatoms. The highest BCUT2D eigenvalue weighted by Gasteiger charge is 2.58. The molecule has 0 unspecified atom stereocenters. The zero-order valence-electron chi connectivity index (χ0n) is 13.8. The summed E-state index contributed by atoms with van der Waals surface area (Å²) in [6.07, 6.45) is -0.106. The first-order valence-electron chi connectivity index (χ1n) is 7.41. The Kier molecular flexibility index (Phi) is 5.25. The van der Waals surface area contributed by atoms with Gasteiger partial charge in [-0.3, -0.25) is 4.90 Å². The summed E-state index contributed by atoms with van der Waals surface area (Å²) in [5.41, 5.74) is -1.89. The van der Waals surface area contributed by atoms with Crippen LogP contribution in [0, 0.1) is 0 Å². The molecule has 0 radical (unpaired) electrons. The van der Waals surface area contributed by atoms with Gasteiger partial charge in [0.05, 0.1) is 6.10 Å². The van der Waals surface area contributed by atoms with E-state index in [1.54, 1.807) is 34.6 Å². The van der Waals surface area contributed by atoms with Gasteiger partial charge >= 0.3 is 12.1 Å². The standard InChI is InChI=1S/C15H27NO5/c1-7-20-11-8-15(9-11,12(17)18)16(10(2)3)13(19)21-14(4,5)6/h10-11H,7-9H2,1-6H3,(H,17,18). The van der Waals surface area contributed by atoms with Gasteiger partial charge in [0.15, 0.2) is 0 Å². The molecule has 1 rings (SSSR count). The molecule has 1 aliphatic carbocycles. The van der Waals surface area contributed by atoms with Gasteiger partial charge in [-0.2, -0.15) is 0 Å². The minimum atomic E-state index is -1.23. The molecule has 6 nitrogen and oxygen atoms in total. The lowest BCUT2D eigenvalue weighted by molar-refractivity contribution is -0.173. The fourth-order valence-electron chi connectivity index (χ4n) is 2.71. The van der Waals surface area contributed by atoms with Crippen LogP contribution >= 0.6 is 0 Å². The predicted octanol–water partition coefficient (Wildman–Crippen LogP) is 2.65. The summed E-state index contributed by atoms with van der Waals surface area (Å²) in [4.78, 5) is 25.5. The molecular weight excluding hydrogens is 274 g/mol. The molecule has 0 atom stereocenters. The number of nitrogens with zero attached hydrogens (tertiary/aromatic N) is 1. The second-order valence-corrected chi connectivity index (χ2v) is 6.77. The first-order chi connectivity index (χ1) is 9.53. The van der Waals surface area contributed by atoms with E-state index >= 15 is 0 Å². The van der Waals surface area contributed by atoms with Gasteiger partial charge in [-0.25, -0.2) is 9.59 Å². The van der Waals surface area contributed by atoms with Gasteiger partial charge in [0, 0.05) is 25.5 Å². The number of ether oxygens (including phenoxy) is 2. The van der Waals surface area contributed by atoms with Crippen LogP contribution in [-0.2, 0) is 14.3 Å². The average Bonchev–Trinajstić information content (AvgIpc) is 2.21. The molecular formula is C15H27NO5. The van der Waals surface area contributed by atoms with Crippen LogP contribution < -0.4 is 0 Å². The molecule has 0 aliphatic heterocycles. The Morgan fingerprint density at radius 1 is 1.33 bits per heavy atom. The quantitative estimate of drug-likeness (QED) is 0.845. The third-order valence-corrected chi connectivity index (χ3v) is 3.50. The van der Waals surface area contributed by atoms with Crippen LogP contribution in [0.15, 0.2) is 0 Å². The Morgan fingerprint density at radius 2 is 1.86 bits per heavy atom. The van der Waals surface area contributed by atoms with Crippen molar-refractivity contribution in [1.29, 1.82) is 0 Å². The van der Waals surface area contributed by atoms with Crippen LogP contribution in [-0.4, -0.2) is 52.0 Å². The van der Waals surface area contributed by atoms with Crippen molar-refractivity contribution < 1.29 is 24.2 Å². The zero-order chi connectivity index (χ0) is 16.4. The van der Waals surface area contributed by atoms with Crippen LogP contribution in [0.2, 0.25) is 0 Å². The maximum Gasteiger partial charge on any atom is 0.411 e. The Balaban J connectivity index is 2.97. The molecule has 1 fully saturated rings. The Hall–Kier alpha value is -1.30. The fourth-order valence-corrected chi connectivity index (χ4v) is 2.71. The molecule has 1 N–H and O–H groups in total. The highest BCUT2D eigenvalue weighted by atomic mass is 16.6. The Morgan fingerprint density at radius 3 is 2.19 bits per heavy atom. The number of carbonyl (C=O) groups excluding carboxylic acids is 1. The number of rotatable bonds is 5. The molecule has 0 aromatic carbocycles. The van der Waals surface area contributed by atoms with Crippen LogP contribution in [0.5, 0.6) is 0 Å². The van der Waals surface area contributed by atoms with E-state index in [0.717, 1.165) is 0 Å². The largest absolute Gasteiger partial charge is 0.479 e. The van der Waals surface area contributed by atoms with E-state index in [0.29, 0.717) is 19.4 Å². The number of carboxylic acids is 1. The third-order valence-electron chi connectivity index (χ3n) is 3.50. The SMILES string of the molecule is CCOC1CC(C(=O)O)(N(C(=O)OC(C)(C)C)C(C)C)C1. The summed E-state index contributed by atoms with van der Waals surface area (Å²) < 4.78 is 10.8. The van der Waals surface area contributed by atoms with Crippen LogP contribution in [0.3, 0.4) is 0 Å². The number of carboxylic acid groups (broad SMARTS) is 1. The molecule has 0 bridgehead atoms. The van der Waals surface area contributed by atoms with Crippen molar-refractivity contribution in [1.82, 2.24) is 4.90 Å². The van der Waals surface area contributed by atoms with E-state index < -0.39 is 23.2 Å². The summed E-state index contributed by atoms with van der Waals surface area (Å²) in [5.74, 6) is -1.00. The molecule has 0 saturated heterocycles. The van der Waals surface area contributed by atoms with Gasteiger partial charge in [-0.1, -0.05) is 0 Å². The number of hydrogen-bond acceptors (Lipinski definition) is 4. The topological polar surface area (TPSA) is 76.1 Å². The third kappa shape index (κ3) is 3.87. The summed E-state index contributed by atoms with van der Waals surface area (Å²) >= 11 is 0. The minimum Gasteiger partial charge on any atom is -0.479 e. The Labute approximate surface area is 126 Å². The van der Waals surface area contributed by atoms with Gasteiger partial charge in [-0.05, 0) is 41.5 Å². The van der Waals surface area contributed by atoms with Crippen molar-refractivity contribution in [2.75, 3.05) is 6.61 Å². The normalized spacial score (nSPS) is 25.4. The predicted molar refractivity (Wildman–Crippen MR) is 78.2 cm³/mol. The number of amides is 1. The van der Waals surface area contributed by atoms with E-state index in [2.05, 4.69) is 0 Å². The molecule has 1 saturated carbocycles. The monoisotopic (exact) mass is 301 g/mol. The second kappa shape index (κ2) is 6.22. The van der Waals surface area contributed by atoms with Crippen molar-refractivity contribution in [2.45, 2.75) is 77.7 Å². The fraction of sp³-hybridized carbons (Fsp3) is 0.867. The molecule has 1 aliphatic rings. The van der Waals surface area contributed by atoms with E-state index in [4.69, 9.17) is 9.47 Å². The van der Waals surface area contributed by atoms with E-state index in [1.807, 2.05) is 6.92 Å². The van der Waals surface area contributed by atoms with Gasteiger partial charge in [0.1, 0.15) is 11.1 Å². The van der Waals surface area contributed by atoms with Crippen LogP contribution in [0.1, 0.15) is 54.4 Å². The molecule has 122 valence electrons. The van der Waals surface area contributed by atoms with Crippen molar-refractivity contribution in [2.24, 2.45) is 0 Å². The van der Waals surface area contributed by atoms with Crippen LogP contribution in [0.25, 0.3) is 0 Å². The highest BCUT2D eigenvalue weighted by molar-refractivity contribution is 5.86. The first kappa shape index (κ1) is 17.8. The molecule has 0 aromatic rings. The summed E-state index contributed by atoms with van der Waals surface area (Å²) in [6, 6.07) is -0.265. The summed E-state index contributed by atoms with van der Waals surface area (Å²) in [6.45, 7) is 11.3. The Bertz CT molecular complexity index is 393. The van der Waals surface area contributed by atoms with Crippen LogP contribution in [0.4, 0.5) is 4.79 Å². The number of hydrogen-bond donors (Lipinski definition) is 1. The van der Waals surface area contributed by atoms with Crippen molar-refractivity contribution in [3.05, 3.63) is 0 Å². The molecule has 0 spiro atoms. The lowest BCUT2D eigenvalue weighted by Gasteiger charge is -2.51. The van der Waals surface area contributed by atoms with Crippen molar-refractivity contribution >= 4 is 12.1 Å². The highest BCUT2D eigenvalue weighted by Crippen LogP contribution is 2.42. The van der Waals surface area contributed by atoms with Crippen molar-refractivity contribution in [3.8, 4) is 0 Å². The smallest absolute Gasteiger partial charge is 0.411 e. The summed E-state index contributed by atoms with van der Waals surface area (Å²) in [5, 5.41) is 9.63. The summed E-state index contributed by atoms with van der Waals surface area (Å²) in [7, 11) is 0. The maximum absolute atomic E-state index is 12.4. The lowest BCUT2D eigenvalue weighted by atomic mass is 9.72. The molecule has 0 aromatic heterocycles. The molecule has 1 amide bonds. The van der Waals surface area contributed by atoms with Gasteiger partial charge in [-0.15, -0.1) is 0 Å². The maximum atomic E-state index is 12.4. The van der Waals surface area contributed by atoms with Crippen molar-refractivity contribution in [3.63, 3.8) is 0 Å². The van der Waals surface area contributed by atoms with E-state index in [1.165, 1.54) is 4.90 Å². The number of carbonyl (C=O) groups is 2. The second-order valence-electron chi connectivity index (χ2n) is 6.77. The number of aliphatic carboxylic acids is 1. The zero-order valence-corrected chi connectivity index (χ0v) is 13.8.